The molecule has 7 nitrogen and oxygen atoms in total. The predicted molar refractivity (Wildman–Crippen MR) is 117 cm³/mol. The lowest BCUT2D eigenvalue weighted by atomic mass is 9.96. The van der Waals surface area contributed by atoms with Crippen LogP contribution in [0.3, 0.4) is 0 Å². The van der Waals surface area contributed by atoms with E-state index in [1.807, 2.05) is 0 Å². The number of carbonyl (C=O) groups excluding carboxylic acids is 3. The van der Waals surface area contributed by atoms with Crippen molar-refractivity contribution in [3.05, 3.63) is 59.7 Å². The molecule has 2 aromatic carbocycles. The summed E-state index contributed by atoms with van der Waals surface area (Å²) in [6.07, 6.45) is 3.16. The number of hydrogen-bond acceptors (Lipinski definition) is 4. The Labute approximate surface area is 190 Å². The van der Waals surface area contributed by atoms with Gasteiger partial charge in [0.25, 0.3) is 11.8 Å². The number of anilines is 1. The number of nitrogens with one attached hydrogen (secondary N) is 2. The first-order chi connectivity index (χ1) is 15.9. The molecule has 1 unspecified atom stereocenters. The molecular formula is C24H25F2N3O4. The van der Waals surface area contributed by atoms with E-state index in [2.05, 4.69) is 15.4 Å². The maximum absolute atomic E-state index is 13.0. The van der Waals surface area contributed by atoms with Gasteiger partial charge in [-0.25, -0.2) is 0 Å². The Hall–Kier alpha value is -3.49. The molecule has 1 saturated heterocycles. The molecule has 0 radical (unpaired) electrons. The van der Waals surface area contributed by atoms with E-state index in [1.165, 1.54) is 23.1 Å². The minimum Gasteiger partial charge on any atom is -0.434 e. The molecule has 2 fully saturated rings. The van der Waals surface area contributed by atoms with Gasteiger partial charge in [-0.2, -0.15) is 8.78 Å². The fraction of sp³-hybridized carbons (Fsp3) is 0.375. The van der Waals surface area contributed by atoms with Gasteiger partial charge in [-0.15, -0.1) is 0 Å². The molecule has 2 aromatic rings. The van der Waals surface area contributed by atoms with Crippen LogP contribution in [0.25, 0.3) is 0 Å². The van der Waals surface area contributed by atoms with Crippen molar-refractivity contribution in [2.75, 3.05) is 18.4 Å². The number of amides is 3. The predicted octanol–water partition coefficient (Wildman–Crippen LogP) is 3.67. The lowest BCUT2D eigenvalue weighted by Crippen LogP contribution is -2.43. The average Bonchev–Trinajstić information content (AvgIpc) is 3.63. The third kappa shape index (κ3) is 5.85. The van der Waals surface area contributed by atoms with E-state index in [4.69, 9.17) is 0 Å². The summed E-state index contributed by atoms with van der Waals surface area (Å²) in [5.74, 6) is -1.54. The molecule has 1 aliphatic heterocycles. The van der Waals surface area contributed by atoms with Gasteiger partial charge in [0.05, 0.1) is 11.5 Å². The Morgan fingerprint density at radius 2 is 1.82 bits per heavy atom. The molecular weight excluding hydrogens is 432 g/mol. The molecule has 33 heavy (non-hydrogen) atoms. The summed E-state index contributed by atoms with van der Waals surface area (Å²) in [5, 5.41) is 5.74. The lowest BCUT2D eigenvalue weighted by Gasteiger charge is -2.32. The molecule has 1 aliphatic carbocycles. The number of nitrogens with zero attached hydrogens (tertiary/aromatic N) is 1. The normalized spacial score (nSPS) is 18.0. The first kappa shape index (κ1) is 22.7. The minimum absolute atomic E-state index is 0.0354. The Kier molecular flexibility index (Phi) is 6.86. The first-order valence-corrected chi connectivity index (χ1v) is 11.0. The molecule has 1 atom stereocenters. The number of ether oxygens (including phenoxy) is 1. The van der Waals surface area contributed by atoms with Crippen LogP contribution in [0.1, 0.15) is 46.4 Å². The molecule has 0 aromatic heterocycles. The van der Waals surface area contributed by atoms with E-state index in [1.54, 1.807) is 30.3 Å². The number of rotatable bonds is 7. The smallest absolute Gasteiger partial charge is 0.387 e. The fourth-order valence-electron chi connectivity index (χ4n) is 3.87. The topological polar surface area (TPSA) is 87.7 Å². The molecule has 3 amide bonds. The van der Waals surface area contributed by atoms with Crippen LogP contribution in [0.2, 0.25) is 0 Å². The highest BCUT2D eigenvalue weighted by Gasteiger charge is 2.30. The summed E-state index contributed by atoms with van der Waals surface area (Å²) in [7, 11) is 0. The van der Waals surface area contributed by atoms with E-state index in [0.29, 0.717) is 30.6 Å². The zero-order valence-electron chi connectivity index (χ0n) is 17.9. The first-order valence-electron chi connectivity index (χ1n) is 11.0. The average molecular weight is 457 g/mol. The van der Waals surface area contributed by atoms with Crippen LogP contribution in [0, 0.1) is 5.92 Å². The molecule has 0 spiro atoms. The second kappa shape index (κ2) is 9.97. The van der Waals surface area contributed by atoms with Crippen LogP contribution < -0.4 is 15.4 Å². The quantitative estimate of drug-likeness (QED) is 0.664. The molecule has 2 aliphatic rings. The number of alkyl halides is 2. The van der Waals surface area contributed by atoms with Crippen molar-refractivity contribution in [2.24, 2.45) is 5.92 Å². The van der Waals surface area contributed by atoms with Gasteiger partial charge < -0.3 is 20.3 Å². The Bertz CT molecular complexity index is 1040. The zero-order chi connectivity index (χ0) is 23.4. The van der Waals surface area contributed by atoms with Crippen molar-refractivity contribution in [1.82, 2.24) is 10.2 Å². The largest absolute Gasteiger partial charge is 0.434 e. The molecule has 2 N–H and O–H groups in total. The molecule has 9 heteroatoms. The Morgan fingerprint density at radius 3 is 2.58 bits per heavy atom. The van der Waals surface area contributed by atoms with Gasteiger partial charge in [-0.1, -0.05) is 18.2 Å². The highest BCUT2D eigenvalue weighted by molar-refractivity contribution is 5.99. The van der Waals surface area contributed by atoms with E-state index >= 15 is 0 Å². The van der Waals surface area contributed by atoms with E-state index in [9.17, 15) is 23.2 Å². The van der Waals surface area contributed by atoms with E-state index in [0.717, 1.165) is 12.8 Å². The van der Waals surface area contributed by atoms with Crippen LogP contribution in [0.4, 0.5) is 14.5 Å². The summed E-state index contributed by atoms with van der Waals surface area (Å²) < 4.78 is 29.9. The standard InChI is InChI=1S/C24H25F2N3O4/c25-24(26)33-20-9-2-1-8-19(20)23(32)29-12-4-6-16(14-29)22(31)28-18-7-3-5-15(13-18)21(30)27-17-10-11-17/h1-3,5,7-9,13,16-17,24H,4,6,10-12,14H2,(H,27,30)(H,28,31). The number of benzene rings is 2. The van der Waals surface area contributed by atoms with Gasteiger partial charge >= 0.3 is 6.61 Å². The monoisotopic (exact) mass is 457 g/mol. The molecule has 174 valence electrons. The molecule has 0 bridgehead atoms. The van der Waals surface area contributed by atoms with E-state index < -0.39 is 18.4 Å². The maximum atomic E-state index is 13.0. The highest BCUT2D eigenvalue weighted by atomic mass is 19.3. The second-order valence-electron chi connectivity index (χ2n) is 8.28. The molecule has 1 saturated carbocycles. The lowest BCUT2D eigenvalue weighted by molar-refractivity contribution is -0.121. The van der Waals surface area contributed by atoms with Gasteiger partial charge in [0.2, 0.25) is 5.91 Å². The SMILES string of the molecule is O=C(NC1CC1)c1cccc(NC(=O)C2CCCN(C(=O)c3ccccc3OC(F)F)C2)c1. The fourth-order valence-corrected chi connectivity index (χ4v) is 3.87. The van der Waals surface area contributed by atoms with Crippen LogP contribution in [-0.4, -0.2) is 48.4 Å². The summed E-state index contributed by atoms with van der Waals surface area (Å²) >= 11 is 0. The second-order valence-corrected chi connectivity index (χ2v) is 8.28. The van der Waals surface area contributed by atoms with Crippen molar-refractivity contribution in [1.29, 1.82) is 0 Å². The number of piperidine rings is 1. The van der Waals surface area contributed by atoms with Gasteiger partial charge in [-0.05, 0) is 56.0 Å². The number of halogens is 2. The van der Waals surface area contributed by atoms with Crippen LogP contribution in [0.15, 0.2) is 48.5 Å². The van der Waals surface area contributed by atoms with Crippen LogP contribution in [-0.2, 0) is 4.79 Å². The third-order valence-corrected chi connectivity index (χ3v) is 5.72. The number of likely N-dealkylation sites (tertiary alicyclic amines) is 1. The van der Waals surface area contributed by atoms with Crippen molar-refractivity contribution in [2.45, 2.75) is 38.3 Å². The van der Waals surface area contributed by atoms with Crippen molar-refractivity contribution >= 4 is 23.4 Å². The maximum Gasteiger partial charge on any atom is 0.387 e. The minimum atomic E-state index is -3.04. The Balaban J connectivity index is 1.40. The number of carbonyl (C=O) groups is 3. The zero-order valence-corrected chi connectivity index (χ0v) is 17.9. The highest BCUT2D eigenvalue weighted by Crippen LogP contribution is 2.26. The van der Waals surface area contributed by atoms with Crippen molar-refractivity contribution < 1.29 is 27.9 Å². The summed E-state index contributed by atoms with van der Waals surface area (Å²) in [4.78, 5) is 39.6. The van der Waals surface area contributed by atoms with Gasteiger partial charge in [0.1, 0.15) is 5.75 Å². The van der Waals surface area contributed by atoms with E-state index in [-0.39, 0.29) is 35.7 Å². The van der Waals surface area contributed by atoms with Gasteiger partial charge in [0, 0.05) is 30.4 Å². The van der Waals surface area contributed by atoms with Crippen molar-refractivity contribution in [3.63, 3.8) is 0 Å². The van der Waals surface area contributed by atoms with Gasteiger partial charge in [-0.3, -0.25) is 14.4 Å². The Morgan fingerprint density at radius 1 is 1.03 bits per heavy atom. The molecule has 4 rings (SSSR count). The molecule has 1 heterocycles. The number of para-hydroxylation sites is 1. The van der Waals surface area contributed by atoms with Crippen molar-refractivity contribution in [3.8, 4) is 5.75 Å². The summed E-state index contributed by atoms with van der Waals surface area (Å²) in [5.41, 5.74) is 1.01. The summed E-state index contributed by atoms with van der Waals surface area (Å²) in [6.45, 7) is -2.46. The number of hydrogen-bond donors (Lipinski definition) is 2. The van der Waals surface area contributed by atoms with Crippen LogP contribution >= 0.6 is 0 Å². The third-order valence-electron chi connectivity index (χ3n) is 5.72. The summed E-state index contributed by atoms with van der Waals surface area (Å²) in [6, 6.07) is 12.8. The van der Waals surface area contributed by atoms with Gasteiger partial charge in [0.15, 0.2) is 0 Å². The van der Waals surface area contributed by atoms with Crippen LogP contribution in [0.5, 0.6) is 5.75 Å².